The molecule has 0 saturated heterocycles. The highest BCUT2D eigenvalue weighted by atomic mass is 35.5. The number of hydrogen-bond donors (Lipinski definition) is 1. The summed E-state index contributed by atoms with van der Waals surface area (Å²) >= 11 is 10.0. The lowest BCUT2D eigenvalue weighted by molar-refractivity contribution is 0.884. The number of thiol groups is 1. The first kappa shape index (κ1) is 8.95. The van der Waals surface area contributed by atoms with Crippen molar-refractivity contribution in [1.29, 1.82) is 0 Å². The minimum absolute atomic E-state index is 0.483. The van der Waals surface area contributed by atoms with E-state index in [4.69, 9.17) is 11.6 Å². The summed E-state index contributed by atoms with van der Waals surface area (Å²) in [4.78, 5) is 0. The summed E-state index contributed by atoms with van der Waals surface area (Å²) in [5.41, 5.74) is 1.26. The number of rotatable bonds is 2. The highest BCUT2D eigenvalue weighted by Gasteiger charge is 2.01. The van der Waals surface area contributed by atoms with Crippen molar-refractivity contribution in [3.63, 3.8) is 0 Å². The van der Waals surface area contributed by atoms with Gasteiger partial charge in [-0.25, -0.2) is 0 Å². The molecule has 0 saturated carbocycles. The van der Waals surface area contributed by atoms with Gasteiger partial charge in [0.1, 0.15) is 0 Å². The number of hydrogen-bond acceptors (Lipinski definition) is 1. The fourth-order valence-corrected chi connectivity index (χ4v) is 1.33. The zero-order chi connectivity index (χ0) is 8.27. The summed E-state index contributed by atoms with van der Waals surface area (Å²) in [6.07, 6.45) is 0. The van der Waals surface area contributed by atoms with Crippen molar-refractivity contribution in [2.24, 2.45) is 0 Å². The van der Waals surface area contributed by atoms with Gasteiger partial charge in [-0.15, -0.1) is 0 Å². The standard InChI is InChI=1S/C9H11ClS/c1-7(6-11)8-3-2-4-9(10)5-8/h2-5,7,11H,6H2,1H3. The molecule has 60 valence electrons. The van der Waals surface area contributed by atoms with Gasteiger partial charge in [0.25, 0.3) is 0 Å². The van der Waals surface area contributed by atoms with Crippen LogP contribution >= 0.6 is 24.2 Å². The lowest BCUT2D eigenvalue weighted by Gasteiger charge is -2.07. The van der Waals surface area contributed by atoms with Gasteiger partial charge in [0.05, 0.1) is 0 Å². The summed E-state index contributed by atoms with van der Waals surface area (Å²) < 4.78 is 0. The van der Waals surface area contributed by atoms with Crippen LogP contribution in [-0.4, -0.2) is 5.75 Å². The molecule has 0 aliphatic rings. The van der Waals surface area contributed by atoms with Crippen LogP contribution in [-0.2, 0) is 0 Å². The minimum atomic E-state index is 0.483. The monoisotopic (exact) mass is 186 g/mol. The fourth-order valence-electron chi connectivity index (χ4n) is 0.919. The molecule has 0 amide bonds. The van der Waals surface area contributed by atoms with Crippen molar-refractivity contribution in [1.82, 2.24) is 0 Å². The molecule has 2 heteroatoms. The van der Waals surface area contributed by atoms with E-state index >= 15 is 0 Å². The van der Waals surface area contributed by atoms with Gasteiger partial charge in [0.2, 0.25) is 0 Å². The molecule has 0 bridgehead atoms. The maximum absolute atomic E-state index is 5.82. The van der Waals surface area contributed by atoms with E-state index in [1.54, 1.807) is 0 Å². The molecule has 0 radical (unpaired) electrons. The first-order valence-electron chi connectivity index (χ1n) is 3.60. The van der Waals surface area contributed by atoms with Gasteiger partial charge in [-0.3, -0.25) is 0 Å². The first-order valence-corrected chi connectivity index (χ1v) is 4.61. The van der Waals surface area contributed by atoms with Crippen molar-refractivity contribution >= 4 is 24.2 Å². The average Bonchev–Trinajstić information content (AvgIpc) is 2.03. The molecule has 1 aromatic carbocycles. The average molecular weight is 187 g/mol. The second-order valence-corrected chi connectivity index (χ2v) is 3.44. The SMILES string of the molecule is CC(CS)c1cccc(Cl)c1. The van der Waals surface area contributed by atoms with E-state index < -0.39 is 0 Å². The van der Waals surface area contributed by atoms with Gasteiger partial charge in [-0.2, -0.15) is 12.6 Å². The van der Waals surface area contributed by atoms with Crippen LogP contribution in [0.5, 0.6) is 0 Å². The molecule has 0 spiro atoms. The Morgan fingerprint density at radius 1 is 1.55 bits per heavy atom. The molecule has 0 aliphatic carbocycles. The third-order valence-corrected chi connectivity index (χ3v) is 2.47. The van der Waals surface area contributed by atoms with Crippen molar-refractivity contribution in [2.75, 3.05) is 5.75 Å². The van der Waals surface area contributed by atoms with Crippen molar-refractivity contribution < 1.29 is 0 Å². The van der Waals surface area contributed by atoms with Crippen molar-refractivity contribution in [3.8, 4) is 0 Å². The molecule has 1 aromatic rings. The molecular weight excluding hydrogens is 176 g/mol. The van der Waals surface area contributed by atoms with E-state index in [1.165, 1.54) is 5.56 Å². The predicted octanol–water partition coefficient (Wildman–Crippen LogP) is 3.37. The Kier molecular flexibility index (Phi) is 3.28. The lowest BCUT2D eigenvalue weighted by atomic mass is 10.0. The molecular formula is C9H11ClS. The Morgan fingerprint density at radius 3 is 2.82 bits per heavy atom. The van der Waals surface area contributed by atoms with E-state index in [0.29, 0.717) is 5.92 Å². The smallest absolute Gasteiger partial charge is 0.0408 e. The zero-order valence-electron chi connectivity index (χ0n) is 6.42. The van der Waals surface area contributed by atoms with Crippen LogP contribution in [0.2, 0.25) is 5.02 Å². The summed E-state index contributed by atoms with van der Waals surface area (Å²) in [6, 6.07) is 7.92. The van der Waals surface area contributed by atoms with E-state index in [9.17, 15) is 0 Å². The molecule has 0 N–H and O–H groups in total. The Hall–Kier alpha value is -0.140. The van der Waals surface area contributed by atoms with Gasteiger partial charge in [-0.1, -0.05) is 30.7 Å². The predicted molar refractivity (Wildman–Crippen MR) is 53.7 cm³/mol. The molecule has 1 atom stereocenters. The third-order valence-electron chi connectivity index (χ3n) is 1.69. The number of halogens is 1. The van der Waals surface area contributed by atoms with Crippen LogP contribution in [0.1, 0.15) is 18.4 Å². The van der Waals surface area contributed by atoms with Crippen LogP contribution in [0.25, 0.3) is 0 Å². The molecule has 1 rings (SSSR count). The quantitative estimate of drug-likeness (QED) is 0.673. The van der Waals surface area contributed by atoms with Gasteiger partial charge < -0.3 is 0 Å². The fraction of sp³-hybridized carbons (Fsp3) is 0.333. The number of benzene rings is 1. The topological polar surface area (TPSA) is 0 Å². The summed E-state index contributed by atoms with van der Waals surface area (Å²) in [5, 5.41) is 0.802. The van der Waals surface area contributed by atoms with Gasteiger partial charge in [-0.05, 0) is 29.4 Å². The highest BCUT2D eigenvalue weighted by molar-refractivity contribution is 7.80. The van der Waals surface area contributed by atoms with Crippen molar-refractivity contribution in [2.45, 2.75) is 12.8 Å². The normalized spacial score (nSPS) is 13.0. The van der Waals surface area contributed by atoms with E-state index in [0.717, 1.165) is 10.8 Å². The zero-order valence-corrected chi connectivity index (χ0v) is 8.07. The van der Waals surface area contributed by atoms with E-state index in [2.05, 4.69) is 25.6 Å². The van der Waals surface area contributed by atoms with Crippen LogP contribution < -0.4 is 0 Å². The van der Waals surface area contributed by atoms with Gasteiger partial charge in [0, 0.05) is 5.02 Å². The maximum Gasteiger partial charge on any atom is 0.0408 e. The molecule has 11 heavy (non-hydrogen) atoms. The van der Waals surface area contributed by atoms with Crippen molar-refractivity contribution in [3.05, 3.63) is 34.9 Å². The molecule has 0 aromatic heterocycles. The van der Waals surface area contributed by atoms with Gasteiger partial charge >= 0.3 is 0 Å². The van der Waals surface area contributed by atoms with Crippen LogP contribution in [0.3, 0.4) is 0 Å². The van der Waals surface area contributed by atoms with Gasteiger partial charge in [0.15, 0.2) is 0 Å². The van der Waals surface area contributed by atoms with E-state index in [1.807, 2.05) is 18.2 Å². The van der Waals surface area contributed by atoms with Crippen LogP contribution in [0.4, 0.5) is 0 Å². The Morgan fingerprint density at radius 2 is 2.27 bits per heavy atom. The molecule has 1 unspecified atom stereocenters. The second kappa shape index (κ2) is 4.03. The summed E-state index contributed by atoms with van der Waals surface area (Å²) in [5.74, 6) is 1.34. The molecule has 0 fully saturated rings. The Bertz CT molecular complexity index is 235. The minimum Gasteiger partial charge on any atom is -0.179 e. The third kappa shape index (κ3) is 2.42. The van der Waals surface area contributed by atoms with Crippen LogP contribution in [0.15, 0.2) is 24.3 Å². The lowest BCUT2D eigenvalue weighted by Crippen LogP contribution is -1.93. The first-order chi connectivity index (χ1) is 5.24. The molecule has 0 nitrogen and oxygen atoms in total. The summed E-state index contributed by atoms with van der Waals surface area (Å²) in [7, 11) is 0. The summed E-state index contributed by atoms with van der Waals surface area (Å²) in [6.45, 7) is 2.14. The Labute approximate surface area is 78.0 Å². The van der Waals surface area contributed by atoms with Crippen LogP contribution in [0, 0.1) is 0 Å². The largest absolute Gasteiger partial charge is 0.179 e. The molecule has 0 heterocycles. The highest BCUT2D eigenvalue weighted by Crippen LogP contribution is 2.19. The second-order valence-electron chi connectivity index (χ2n) is 2.64. The maximum atomic E-state index is 5.82. The van der Waals surface area contributed by atoms with E-state index in [-0.39, 0.29) is 0 Å². The Balaban J connectivity index is 2.86. The molecule has 0 aliphatic heterocycles.